The Morgan fingerprint density at radius 2 is 2.12 bits per heavy atom. The molecular weight excluding hydrogens is 337 g/mol. The van der Waals surface area contributed by atoms with E-state index in [1.165, 1.54) is 12.1 Å². The predicted octanol–water partition coefficient (Wildman–Crippen LogP) is 2.22. The second kappa shape index (κ2) is 8.30. The summed E-state index contributed by atoms with van der Waals surface area (Å²) in [5.41, 5.74) is 0.710. The normalized spacial score (nSPS) is 19.7. The number of likely N-dealkylation sites (N-methyl/N-ethyl adjacent to an activating group) is 1. The lowest BCUT2D eigenvalue weighted by Gasteiger charge is -2.42. The van der Waals surface area contributed by atoms with E-state index in [0.29, 0.717) is 12.1 Å². The van der Waals surface area contributed by atoms with E-state index in [0.717, 1.165) is 12.8 Å². The first-order chi connectivity index (χ1) is 11.4. The second-order valence-corrected chi connectivity index (χ2v) is 6.26. The van der Waals surface area contributed by atoms with Crippen LogP contribution in [0.3, 0.4) is 0 Å². The molecule has 8 heteroatoms. The summed E-state index contributed by atoms with van der Waals surface area (Å²) in [4.78, 5) is 24.5. The third-order valence-electron chi connectivity index (χ3n) is 4.15. The molecule has 2 amide bonds. The SMILES string of the molecule is CCN(CC(=O)O)C1CC(NC(=O)NCc2ccc(F)c(Cl)c2)C1. The minimum absolute atomic E-state index is 0.0193. The molecule has 1 aliphatic rings. The van der Waals surface area contributed by atoms with Crippen LogP contribution < -0.4 is 10.6 Å². The molecule has 6 nitrogen and oxygen atoms in total. The number of hydrogen-bond donors (Lipinski definition) is 3. The third kappa shape index (κ3) is 5.07. The van der Waals surface area contributed by atoms with Crippen LogP contribution in [0.15, 0.2) is 18.2 Å². The minimum Gasteiger partial charge on any atom is -0.480 e. The van der Waals surface area contributed by atoms with Crippen LogP contribution in [0.1, 0.15) is 25.3 Å². The van der Waals surface area contributed by atoms with Crippen LogP contribution in [0, 0.1) is 5.82 Å². The molecule has 0 aromatic heterocycles. The van der Waals surface area contributed by atoms with Crippen LogP contribution >= 0.6 is 11.6 Å². The largest absolute Gasteiger partial charge is 0.480 e. The van der Waals surface area contributed by atoms with Crippen molar-refractivity contribution in [2.75, 3.05) is 13.1 Å². The van der Waals surface area contributed by atoms with Crippen molar-refractivity contribution in [3.05, 3.63) is 34.6 Å². The Bertz CT molecular complexity index is 608. The summed E-state index contributed by atoms with van der Waals surface area (Å²) in [6.45, 7) is 2.86. The molecule has 132 valence electrons. The van der Waals surface area contributed by atoms with E-state index in [9.17, 15) is 14.0 Å². The number of nitrogens with zero attached hydrogens (tertiary/aromatic N) is 1. The highest BCUT2D eigenvalue weighted by Gasteiger charge is 2.34. The summed E-state index contributed by atoms with van der Waals surface area (Å²) in [5.74, 6) is -1.34. The average Bonchev–Trinajstić information content (AvgIpc) is 2.49. The lowest BCUT2D eigenvalue weighted by atomic mass is 9.85. The number of amides is 2. The number of aliphatic carboxylic acids is 1. The van der Waals surface area contributed by atoms with Crippen molar-refractivity contribution in [2.45, 2.75) is 38.4 Å². The number of carboxylic acids is 1. The molecule has 0 bridgehead atoms. The highest BCUT2D eigenvalue weighted by atomic mass is 35.5. The minimum atomic E-state index is -0.844. The Kier molecular flexibility index (Phi) is 6.39. The van der Waals surface area contributed by atoms with E-state index in [-0.39, 0.29) is 36.2 Å². The van der Waals surface area contributed by atoms with Crippen LogP contribution in [0.4, 0.5) is 9.18 Å². The first kappa shape index (κ1) is 18.5. The van der Waals surface area contributed by atoms with Crippen LogP contribution in [-0.4, -0.2) is 47.2 Å². The van der Waals surface area contributed by atoms with Gasteiger partial charge in [0, 0.05) is 18.6 Å². The zero-order valence-electron chi connectivity index (χ0n) is 13.4. The number of carbonyl (C=O) groups excluding carboxylic acids is 1. The second-order valence-electron chi connectivity index (χ2n) is 5.85. The number of carbonyl (C=O) groups is 2. The number of rotatable bonds is 7. The fourth-order valence-electron chi connectivity index (χ4n) is 2.75. The maximum atomic E-state index is 13.1. The van der Waals surface area contributed by atoms with Gasteiger partial charge in [-0.05, 0) is 37.1 Å². The lowest BCUT2D eigenvalue weighted by Crippen LogP contribution is -2.56. The molecular formula is C16H21ClFN3O3. The molecule has 2 rings (SSSR count). The lowest BCUT2D eigenvalue weighted by molar-refractivity contribution is -0.139. The number of carboxylic acid groups (broad SMARTS) is 1. The Balaban J connectivity index is 1.70. The molecule has 3 N–H and O–H groups in total. The molecule has 1 aromatic rings. The van der Waals surface area contributed by atoms with E-state index in [1.54, 1.807) is 6.07 Å². The molecule has 1 aromatic carbocycles. The summed E-state index contributed by atoms with van der Waals surface area (Å²) in [5, 5.41) is 14.4. The highest BCUT2D eigenvalue weighted by Crippen LogP contribution is 2.25. The van der Waals surface area contributed by atoms with Gasteiger partial charge in [-0.3, -0.25) is 9.69 Å². The fourth-order valence-corrected chi connectivity index (χ4v) is 2.95. The summed E-state index contributed by atoms with van der Waals surface area (Å²) < 4.78 is 13.1. The van der Waals surface area contributed by atoms with Gasteiger partial charge in [-0.15, -0.1) is 0 Å². The van der Waals surface area contributed by atoms with E-state index >= 15 is 0 Å². The molecule has 0 saturated heterocycles. The van der Waals surface area contributed by atoms with Gasteiger partial charge in [-0.2, -0.15) is 0 Å². The number of nitrogens with one attached hydrogen (secondary N) is 2. The van der Waals surface area contributed by atoms with Gasteiger partial charge in [0.15, 0.2) is 0 Å². The third-order valence-corrected chi connectivity index (χ3v) is 4.44. The van der Waals surface area contributed by atoms with E-state index < -0.39 is 11.8 Å². The van der Waals surface area contributed by atoms with Crippen LogP contribution in [0.2, 0.25) is 5.02 Å². The van der Waals surface area contributed by atoms with Crippen molar-refractivity contribution >= 4 is 23.6 Å². The van der Waals surface area contributed by atoms with E-state index in [1.807, 2.05) is 11.8 Å². The first-order valence-electron chi connectivity index (χ1n) is 7.83. The van der Waals surface area contributed by atoms with Gasteiger partial charge in [-0.1, -0.05) is 24.6 Å². The molecule has 1 fully saturated rings. The zero-order valence-corrected chi connectivity index (χ0v) is 14.1. The Labute approximate surface area is 145 Å². The van der Waals surface area contributed by atoms with Crippen molar-refractivity contribution in [3.63, 3.8) is 0 Å². The van der Waals surface area contributed by atoms with Gasteiger partial charge in [0.05, 0.1) is 11.6 Å². The highest BCUT2D eigenvalue weighted by molar-refractivity contribution is 6.30. The molecule has 0 heterocycles. The number of benzene rings is 1. The van der Waals surface area contributed by atoms with Gasteiger partial charge in [0.25, 0.3) is 0 Å². The molecule has 24 heavy (non-hydrogen) atoms. The Morgan fingerprint density at radius 1 is 1.42 bits per heavy atom. The molecule has 1 saturated carbocycles. The summed E-state index contributed by atoms with van der Waals surface area (Å²) in [7, 11) is 0. The summed E-state index contributed by atoms with van der Waals surface area (Å²) >= 11 is 5.69. The summed E-state index contributed by atoms with van der Waals surface area (Å²) in [6, 6.07) is 4.21. The topological polar surface area (TPSA) is 81.7 Å². The Hall–Kier alpha value is -1.86. The van der Waals surface area contributed by atoms with Crippen LogP contribution in [0.25, 0.3) is 0 Å². The summed E-state index contributed by atoms with van der Waals surface area (Å²) in [6.07, 6.45) is 1.47. The standard InChI is InChI=1S/C16H21ClFN3O3/c1-2-21(9-15(22)23)12-6-11(7-12)20-16(24)19-8-10-3-4-14(18)13(17)5-10/h3-5,11-12H,2,6-9H2,1H3,(H,22,23)(H2,19,20,24). The predicted molar refractivity (Wildman–Crippen MR) is 88.5 cm³/mol. The maximum Gasteiger partial charge on any atom is 0.317 e. The zero-order chi connectivity index (χ0) is 17.7. The molecule has 0 unspecified atom stereocenters. The van der Waals surface area contributed by atoms with E-state index in [2.05, 4.69) is 10.6 Å². The van der Waals surface area contributed by atoms with Crippen LogP contribution in [0.5, 0.6) is 0 Å². The quantitative estimate of drug-likeness (QED) is 0.699. The Morgan fingerprint density at radius 3 is 2.71 bits per heavy atom. The first-order valence-corrected chi connectivity index (χ1v) is 8.21. The van der Waals surface area contributed by atoms with E-state index in [4.69, 9.17) is 16.7 Å². The molecule has 1 aliphatic carbocycles. The number of hydrogen-bond acceptors (Lipinski definition) is 3. The van der Waals surface area contributed by atoms with Gasteiger partial charge >= 0.3 is 12.0 Å². The van der Waals surface area contributed by atoms with Crippen LogP contribution in [-0.2, 0) is 11.3 Å². The molecule has 0 aliphatic heterocycles. The van der Waals surface area contributed by atoms with Gasteiger partial charge in [0.1, 0.15) is 5.82 Å². The maximum absolute atomic E-state index is 13.1. The number of urea groups is 1. The number of halogens is 2. The molecule has 0 spiro atoms. The smallest absolute Gasteiger partial charge is 0.317 e. The van der Waals surface area contributed by atoms with Crippen molar-refractivity contribution in [1.82, 2.24) is 15.5 Å². The van der Waals surface area contributed by atoms with Gasteiger partial charge in [-0.25, -0.2) is 9.18 Å². The fraction of sp³-hybridized carbons (Fsp3) is 0.500. The van der Waals surface area contributed by atoms with Crippen molar-refractivity contribution in [3.8, 4) is 0 Å². The van der Waals surface area contributed by atoms with Crippen molar-refractivity contribution in [1.29, 1.82) is 0 Å². The average molecular weight is 358 g/mol. The molecule has 0 atom stereocenters. The molecule has 0 radical (unpaired) electrons. The monoisotopic (exact) mass is 357 g/mol. The van der Waals surface area contributed by atoms with Crippen molar-refractivity contribution < 1.29 is 19.1 Å². The van der Waals surface area contributed by atoms with Crippen molar-refractivity contribution in [2.24, 2.45) is 0 Å². The van der Waals surface area contributed by atoms with Gasteiger partial charge < -0.3 is 15.7 Å². The van der Waals surface area contributed by atoms with Gasteiger partial charge in [0.2, 0.25) is 0 Å².